The first-order chi connectivity index (χ1) is 12.0. The molecule has 0 N–H and O–H groups in total. The molecular formula is C24H40O. The van der Waals surface area contributed by atoms with E-state index >= 15 is 0 Å². The summed E-state index contributed by atoms with van der Waals surface area (Å²) in [5, 5.41) is 0. The van der Waals surface area contributed by atoms with Crippen molar-refractivity contribution in [3.63, 3.8) is 0 Å². The van der Waals surface area contributed by atoms with E-state index in [9.17, 15) is 0 Å². The van der Waals surface area contributed by atoms with Gasteiger partial charge in [0.2, 0.25) is 0 Å². The highest BCUT2D eigenvalue weighted by molar-refractivity contribution is 5.16. The van der Waals surface area contributed by atoms with E-state index < -0.39 is 0 Å². The topological polar surface area (TPSA) is 9.23 Å². The van der Waals surface area contributed by atoms with Crippen LogP contribution in [0.5, 0.6) is 0 Å². The Kier molecular flexibility index (Phi) is 4.84. The molecule has 4 fully saturated rings. The van der Waals surface area contributed by atoms with Gasteiger partial charge in [-0.1, -0.05) is 38.8 Å². The second kappa shape index (κ2) is 6.70. The quantitative estimate of drug-likeness (QED) is 0.520. The standard InChI is InChI=1S/C24H40O/c1-17(13-16-25-4)20-10-11-21-19-9-8-18-7-5-6-14-23(18,2)22(19)12-15-24(20,21)3/h18-22H,1,5-16H2,2-4H3/t18?,19?,20-,21?,22?,23+,24-/m1/s1. The number of hydrogen-bond acceptors (Lipinski definition) is 1. The average Bonchev–Trinajstić information content (AvgIpc) is 2.96. The summed E-state index contributed by atoms with van der Waals surface area (Å²) in [5.74, 6) is 4.80. The third-order valence-electron chi connectivity index (χ3n) is 9.70. The zero-order valence-electron chi connectivity index (χ0n) is 17.0. The zero-order chi connectivity index (χ0) is 17.7. The van der Waals surface area contributed by atoms with Crippen LogP contribution in [0.4, 0.5) is 0 Å². The lowest BCUT2D eigenvalue weighted by molar-refractivity contribution is -0.108. The minimum Gasteiger partial charge on any atom is -0.384 e. The van der Waals surface area contributed by atoms with Crippen LogP contribution in [0.1, 0.15) is 84.5 Å². The largest absolute Gasteiger partial charge is 0.384 e. The first kappa shape index (κ1) is 18.1. The second-order valence-corrected chi connectivity index (χ2v) is 10.5. The molecule has 0 aromatic rings. The molecule has 7 atom stereocenters. The van der Waals surface area contributed by atoms with Gasteiger partial charge in [0.15, 0.2) is 0 Å². The fraction of sp³-hybridized carbons (Fsp3) is 0.917. The molecule has 4 aliphatic carbocycles. The van der Waals surface area contributed by atoms with Crippen molar-refractivity contribution in [2.24, 2.45) is 40.4 Å². The number of methoxy groups -OCH3 is 1. The predicted octanol–water partition coefficient (Wildman–Crippen LogP) is 6.63. The summed E-state index contributed by atoms with van der Waals surface area (Å²) in [6, 6.07) is 0. The third kappa shape index (κ3) is 2.75. The van der Waals surface area contributed by atoms with Crippen LogP contribution in [0.25, 0.3) is 0 Å². The highest BCUT2D eigenvalue weighted by Crippen LogP contribution is 2.68. The summed E-state index contributed by atoms with van der Waals surface area (Å²) in [6.45, 7) is 10.7. The third-order valence-corrected chi connectivity index (χ3v) is 9.70. The molecule has 0 bridgehead atoms. The SMILES string of the molecule is C=C(CCOC)[C@H]1CCC2C3CCC4CCCC[C@]4(C)C3CC[C@@]21C. The number of ether oxygens (including phenoxy) is 1. The molecule has 25 heavy (non-hydrogen) atoms. The molecule has 4 saturated carbocycles. The lowest BCUT2D eigenvalue weighted by Crippen LogP contribution is -2.52. The molecule has 0 aliphatic heterocycles. The van der Waals surface area contributed by atoms with Crippen LogP contribution in [0.15, 0.2) is 12.2 Å². The van der Waals surface area contributed by atoms with Gasteiger partial charge >= 0.3 is 0 Å². The summed E-state index contributed by atoms with van der Waals surface area (Å²) in [7, 11) is 1.82. The van der Waals surface area contributed by atoms with Crippen molar-refractivity contribution in [1.29, 1.82) is 0 Å². The molecule has 0 radical (unpaired) electrons. The molecule has 0 saturated heterocycles. The van der Waals surface area contributed by atoms with Crippen LogP contribution in [-0.2, 0) is 4.74 Å². The van der Waals surface area contributed by atoms with Crippen molar-refractivity contribution in [2.45, 2.75) is 84.5 Å². The fourth-order valence-electron chi connectivity index (χ4n) is 8.37. The van der Waals surface area contributed by atoms with Crippen molar-refractivity contribution >= 4 is 0 Å². The van der Waals surface area contributed by atoms with Gasteiger partial charge in [-0.25, -0.2) is 0 Å². The summed E-state index contributed by atoms with van der Waals surface area (Å²) < 4.78 is 5.34. The van der Waals surface area contributed by atoms with E-state index in [-0.39, 0.29) is 0 Å². The van der Waals surface area contributed by atoms with E-state index in [1.54, 1.807) is 0 Å². The molecule has 1 nitrogen and oxygen atoms in total. The number of fused-ring (bicyclic) bond motifs is 5. The van der Waals surface area contributed by atoms with Gasteiger partial charge in [-0.15, -0.1) is 0 Å². The Bertz CT molecular complexity index is 510. The van der Waals surface area contributed by atoms with Gasteiger partial charge < -0.3 is 4.74 Å². The Hall–Kier alpha value is -0.300. The smallest absolute Gasteiger partial charge is 0.0499 e. The molecule has 0 aromatic heterocycles. The van der Waals surface area contributed by atoms with Crippen LogP contribution in [0.2, 0.25) is 0 Å². The Labute approximate surface area is 156 Å². The molecule has 1 heteroatoms. The Morgan fingerprint density at radius 3 is 2.52 bits per heavy atom. The van der Waals surface area contributed by atoms with Crippen LogP contribution in [-0.4, -0.2) is 13.7 Å². The predicted molar refractivity (Wildman–Crippen MR) is 105 cm³/mol. The van der Waals surface area contributed by atoms with Crippen LogP contribution >= 0.6 is 0 Å². The maximum atomic E-state index is 5.34. The van der Waals surface area contributed by atoms with Gasteiger partial charge in [-0.3, -0.25) is 0 Å². The molecule has 4 unspecified atom stereocenters. The summed E-state index contributed by atoms with van der Waals surface area (Å²) in [4.78, 5) is 0. The summed E-state index contributed by atoms with van der Waals surface area (Å²) in [6.07, 6.45) is 16.0. The van der Waals surface area contributed by atoms with E-state index in [4.69, 9.17) is 4.74 Å². The van der Waals surface area contributed by atoms with Crippen LogP contribution in [0.3, 0.4) is 0 Å². The van der Waals surface area contributed by atoms with Crippen LogP contribution < -0.4 is 0 Å². The summed E-state index contributed by atoms with van der Waals surface area (Å²) in [5.41, 5.74) is 2.69. The van der Waals surface area contributed by atoms with Crippen molar-refractivity contribution < 1.29 is 4.74 Å². The molecule has 4 rings (SSSR count). The molecule has 0 heterocycles. The lowest BCUT2D eigenvalue weighted by atomic mass is 9.44. The van der Waals surface area contributed by atoms with E-state index in [1.165, 1.54) is 69.8 Å². The van der Waals surface area contributed by atoms with E-state index in [0.29, 0.717) is 10.8 Å². The highest BCUT2D eigenvalue weighted by atomic mass is 16.5. The van der Waals surface area contributed by atoms with Gasteiger partial charge in [0.25, 0.3) is 0 Å². The van der Waals surface area contributed by atoms with E-state index in [2.05, 4.69) is 20.4 Å². The van der Waals surface area contributed by atoms with Crippen LogP contribution in [0, 0.1) is 40.4 Å². The molecule has 142 valence electrons. The van der Waals surface area contributed by atoms with Crippen molar-refractivity contribution in [2.75, 3.05) is 13.7 Å². The second-order valence-electron chi connectivity index (χ2n) is 10.5. The van der Waals surface area contributed by atoms with Crippen molar-refractivity contribution in [3.8, 4) is 0 Å². The van der Waals surface area contributed by atoms with Gasteiger partial charge in [-0.05, 0) is 98.2 Å². The van der Waals surface area contributed by atoms with Gasteiger partial charge in [-0.2, -0.15) is 0 Å². The Balaban J connectivity index is 1.54. The molecule has 0 aromatic carbocycles. The van der Waals surface area contributed by atoms with Gasteiger partial charge in [0.1, 0.15) is 0 Å². The van der Waals surface area contributed by atoms with Gasteiger partial charge in [0, 0.05) is 13.7 Å². The normalized spacial score (nSPS) is 49.2. The van der Waals surface area contributed by atoms with Crippen molar-refractivity contribution in [3.05, 3.63) is 12.2 Å². The van der Waals surface area contributed by atoms with Crippen molar-refractivity contribution in [1.82, 2.24) is 0 Å². The zero-order valence-corrected chi connectivity index (χ0v) is 17.0. The number of rotatable bonds is 4. The Morgan fingerprint density at radius 2 is 1.72 bits per heavy atom. The van der Waals surface area contributed by atoms with E-state index in [0.717, 1.165) is 42.6 Å². The number of hydrogen-bond donors (Lipinski definition) is 0. The maximum absolute atomic E-state index is 5.34. The molecule has 0 amide bonds. The Morgan fingerprint density at radius 1 is 0.920 bits per heavy atom. The first-order valence-corrected chi connectivity index (χ1v) is 11.2. The van der Waals surface area contributed by atoms with Gasteiger partial charge in [0.05, 0.1) is 0 Å². The fourth-order valence-corrected chi connectivity index (χ4v) is 8.37. The highest BCUT2D eigenvalue weighted by Gasteiger charge is 2.59. The van der Waals surface area contributed by atoms with E-state index in [1.807, 2.05) is 7.11 Å². The summed E-state index contributed by atoms with van der Waals surface area (Å²) >= 11 is 0. The lowest BCUT2D eigenvalue weighted by Gasteiger charge is -2.60. The molecule has 4 aliphatic rings. The minimum atomic E-state index is 0.532. The first-order valence-electron chi connectivity index (χ1n) is 11.2. The molecule has 0 spiro atoms. The molecular weight excluding hydrogens is 304 g/mol. The minimum absolute atomic E-state index is 0.532. The average molecular weight is 345 g/mol. The maximum Gasteiger partial charge on any atom is 0.0499 e. The monoisotopic (exact) mass is 344 g/mol.